The highest BCUT2D eigenvalue weighted by molar-refractivity contribution is 5.83. The SMILES string of the molecule is CCCn1nc(C)c2ccc(OC)cc21. The Labute approximate surface area is 89.7 Å². The van der Waals surface area contributed by atoms with Crippen molar-refractivity contribution in [1.29, 1.82) is 0 Å². The first-order valence-electron chi connectivity index (χ1n) is 5.27. The monoisotopic (exact) mass is 204 g/mol. The lowest BCUT2D eigenvalue weighted by Crippen LogP contribution is -1.98. The average Bonchev–Trinajstić information content (AvgIpc) is 2.56. The molecule has 0 saturated heterocycles. The van der Waals surface area contributed by atoms with E-state index in [1.165, 1.54) is 5.39 Å². The van der Waals surface area contributed by atoms with Gasteiger partial charge < -0.3 is 4.74 Å². The van der Waals surface area contributed by atoms with Crippen LogP contribution in [0.25, 0.3) is 10.9 Å². The summed E-state index contributed by atoms with van der Waals surface area (Å²) in [5, 5.41) is 5.73. The summed E-state index contributed by atoms with van der Waals surface area (Å²) >= 11 is 0. The number of rotatable bonds is 3. The molecule has 0 bridgehead atoms. The van der Waals surface area contributed by atoms with Gasteiger partial charge in [-0.2, -0.15) is 5.10 Å². The van der Waals surface area contributed by atoms with Crippen molar-refractivity contribution in [3.63, 3.8) is 0 Å². The predicted molar refractivity (Wildman–Crippen MR) is 61.3 cm³/mol. The van der Waals surface area contributed by atoms with Crippen LogP contribution in [0.3, 0.4) is 0 Å². The summed E-state index contributed by atoms with van der Waals surface area (Å²) in [5.41, 5.74) is 2.25. The number of aromatic nitrogens is 2. The van der Waals surface area contributed by atoms with E-state index in [-0.39, 0.29) is 0 Å². The molecular weight excluding hydrogens is 188 g/mol. The van der Waals surface area contributed by atoms with Crippen molar-refractivity contribution in [3.8, 4) is 5.75 Å². The summed E-state index contributed by atoms with van der Waals surface area (Å²) < 4.78 is 7.27. The Bertz CT molecular complexity index is 474. The highest BCUT2D eigenvalue weighted by atomic mass is 16.5. The molecule has 3 heteroatoms. The quantitative estimate of drug-likeness (QED) is 0.768. The van der Waals surface area contributed by atoms with Crippen molar-refractivity contribution >= 4 is 10.9 Å². The summed E-state index contributed by atoms with van der Waals surface area (Å²) in [6, 6.07) is 6.10. The fourth-order valence-electron chi connectivity index (χ4n) is 1.83. The fraction of sp³-hybridized carbons (Fsp3) is 0.417. The maximum atomic E-state index is 5.22. The summed E-state index contributed by atoms with van der Waals surface area (Å²) in [7, 11) is 1.69. The molecule has 0 saturated carbocycles. The first kappa shape index (κ1) is 10.0. The lowest BCUT2D eigenvalue weighted by molar-refractivity contribution is 0.415. The van der Waals surface area contributed by atoms with Crippen LogP contribution in [0.5, 0.6) is 5.75 Å². The molecule has 0 unspecified atom stereocenters. The minimum atomic E-state index is 0.889. The van der Waals surface area contributed by atoms with Crippen molar-refractivity contribution in [2.24, 2.45) is 0 Å². The van der Waals surface area contributed by atoms with Gasteiger partial charge in [-0.15, -0.1) is 0 Å². The van der Waals surface area contributed by atoms with Crippen LogP contribution in [-0.2, 0) is 6.54 Å². The largest absolute Gasteiger partial charge is 0.497 e. The Morgan fingerprint density at radius 1 is 1.40 bits per heavy atom. The van der Waals surface area contributed by atoms with E-state index in [0.717, 1.165) is 29.9 Å². The lowest BCUT2D eigenvalue weighted by Gasteiger charge is -2.02. The number of aryl methyl sites for hydroxylation is 2. The number of ether oxygens (including phenoxy) is 1. The zero-order valence-electron chi connectivity index (χ0n) is 9.45. The molecule has 0 spiro atoms. The summed E-state index contributed by atoms with van der Waals surface area (Å²) in [6.45, 7) is 5.15. The molecule has 80 valence electrons. The number of hydrogen-bond donors (Lipinski definition) is 0. The summed E-state index contributed by atoms with van der Waals surface area (Å²) in [6.07, 6.45) is 1.09. The molecule has 2 aromatic rings. The van der Waals surface area contributed by atoms with E-state index < -0.39 is 0 Å². The number of benzene rings is 1. The molecule has 0 amide bonds. The van der Waals surface area contributed by atoms with Crippen molar-refractivity contribution in [2.45, 2.75) is 26.8 Å². The summed E-state index contributed by atoms with van der Waals surface area (Å²) in [5.74, 6) is 0.889. The van der Waals surface area contributed by atoms with Gasteiger partial charge in [-0.3, -0.25) is 4.68 Å². The maximum Gasteiger partial charge on any atom is 0.121 e. The van der Waals surface area contributed by atoms with Crippen LogP contribution >= 0.6 is 0 Å². The van der Waals surface area contributed by atoms with Gasteiger partial charge in [0.2, 0.25) is 0 Å². The second-order valence-electron chi connectivity index (χ2n) is 3.69. The van der Waals surface area contributed by atoms with Crippen LogP contribution in [0.15, 0.2) is 18.2 Å². The number of hydrogen-bond acceptors (Lipinski definition) is 2. The standard InChI is InChI=1S/C12H16N2O/c1-4-7-14-12-8-10(15-3)5-6-11(12)9(2)13-14/h5-6,8H,4,7H2,1-3H3. The fourth-order valence-corrected chi connectivity index (χ4v) is 1.83. The van der Waals surface area contributed by atoms with Gasteiger partial charge in [-0.1, -0.05) is 6.92 Å². The smallest absolute Gasteiger partial charge is 0.121 e. The number of fused-ring (bicyclic) bond motifs is 1. The Morgan fingerprint density at radius 3 is 2.87 bits per heavy atom. The molecular formula is C12H16N2O. The van der Waals surface area contributed by atoms with E-state index in [9.17, 15) is 0 Å². The minimum absolute atomic E-state index is 0.889. The average molecular weight is 204 g/mol. The topological polar surface area (TPSA) is 27.1 Å². The van der Waals surface area contributed by atoms with E-state index in [2.05, 4.69) is 18.1 Å². The van der Waals surface area contributed by atoms with E-state index in [1.54, 1.807) is 7.11 Å². The molecule has 1 heterocycles. The molecule has 0 atom stereocenters. The van der Waals surface area contributed by atoms with Gasteiger partial charge in [0.15, 0.2) is 0 Å². The molecule has 3 nitrogen and oxygen atoms in total. The van der Waals surface area contributed by atoms with Gasteiger partial charge in [0.1, 0.15) is 5.75 Å². The third-order valence-electron chi connectivity index (χ3n) is 2.58. The number of methoxy groups -OCH3 is 1. The van der Waals surface area contributed by atoms with Gasteiger partial charge in [-0.05, 0) is 25.5 Å². The molecule has 1 aromatic carbocycles. The summed E-state index contributed by atoms with van der Waals surface area (Å²) in [4.78, 5) is 0. The van der Waals surface area contributed by atoms with E-state index >= 15 is 0 Å². The Morgan fingerprint density at radius 2 is 2.20 bits per heavy atom. The second-order valence-corrected chi connectivity index (χ2v) is 3.69. The zero-order chi connectivity index (χ0) is 10.8. The van der Waals surface area contributed by atoms with Crippen LogP contribution in [-0.4, -0.2) is 16.9 Å². The molecule has 0 aliphatic rings. The molecule has 15 heavy (non-hydrogen) atoms. The van der Waals surface area contributed by atoms with Crippen LogP contribution in [0.1, 0.15) is 19.0 Å². The predicted octanol–water partition coefficient (Wildman–Crippen LogP) is 2.76. The minimum Gasteiger partial charge on any atom is -0.497 e. The molecule has 0 fully saturated rings. The zero-order valence-corrected chi connectivity index (χ0v) is 9.45. The van der Waals surface area contributed by atoms with Gasteiger partial charge in [-0.25, -0.2) is 0 Å². The second kappa shape index (κ2) is 3.93. The van der Waals surface area contributed by atoms with Crippen LogP contribution in [0, 0.1) is 6.92 Å². The van der Waals surface area contributed by atoms with Gasteiger partial charge >= 0.3 is 0 Å². The lowest BCUT2D eigenvalue weighted by atomic mass is 10.2. The molecule has 1 aromatic heterocycles. The Hall–Kier alpha value is -1.51. The van der Waals surface area contributed by atoms with Crippen molar-refractivity contribution < 1.29 is 4.74 Å². The van der Waals surface area contributed by atoms with E-state index in [4.69, 9.17) is 4.74 Å². The normalized spacial score (nSPS) is 10.9. The van der Waals surface area contributed by atoms with Crippen LogP contribution < -0.4 is 4.74 Å². The highest BCUT2D eigenvalue weighted by Gasteiger charge is 2.07. The van der Waals surface area contributed by atoms with Gasteiger partial charge in [0.05, 0.1) is 18.3 Å². The first-order chi connectivity index (χ1) is 7.26. The third kappa shape index (κ3) is 1.69. The molecule has 0 N–H and O–H groups in total. The highest BCUT2D eigenvalue weighted by Crippen LogP contribution is 2.23. The van der Waals surface area contributed by atoms with Crippen molar-refractivity contribution in [2.75, 3.05) is 7.11 Å². The Kier molecular flexibility index (Phi) is 2.62. The maximum absolute atomic E-state index is 5.22. The van der Waals surface area contributed by atoms with E-state index in [0.29, 0.717) is 0 Å². The van der Waals surface area contributed by atoms with Gasteiger partial charge in [0, 0.05) is 18.0 Å². The molecule has 2 rings (SSSR count). The molecule has 0 aliphatic heterocycles. The van der Waals surface area contributed by atoms with E-state index in [1.807, 2.05) is 23.7 Å². The Balaban J connectivity index is 2.60. The molecule has 0 radical (unpaired) electrons. The van der Waals surface area contributed by atoms with Crippen LogP contribution in [0.2, 0.25) is 0 Å². The first-order valence-corrected chi connectivity index (χ1v) is 5.27. The van der Waals surface area contributed by atoms with Crippen LogP contribution in [0.4, 0.5) is 0 Å². The molecule has 0 aliphatic carbocycles. The van der Waals surface area contributed by atoms with Crippen molar-refractivity contribution in [3.05, 3.63) is 23.9 Å². The number of nitrogens with zero attached hydrogens (tertiary/aromatic N) is 2. The third-order valence-corrected chi connectivity index (χ3v) is 2.58. The van der Waals surface area contributed by atoms with Gasteiger partial charge in [0.25, 0.3) is 0 Å². The van der Waals surface area contributed by atoms with Crippen molar-refractivity contribution in [1.82, 2.24) is 9.78 Å².